The number of hydrogen-bond acceptors (Lipinski definition) is 3. The van der Waals surface area contributed by atoms with E-state index < -0.39 is 0 Å². The fourth-order valence-electron chi connectivity index (χ4n) is 3.19. The smallest absolute Gasteiger partial charge is 0.209 e. The van der Waals surface area contributed by atoms with Crippen LogP contribution in [0.4, 0.5) is 0 Å². The van der Waals surface area contributed by atoms with Crippen molar-refractivity contribution in [3.63, 3.8) is 0 Å². The second-order valence-electron chi connectivity index (χ2n) is 5.99. The number of amides is 1. The Hall–Kier alpha value is -2.41. The minimum Gasteiger partial charge on any atom is -0.345 e. The van der Waals surface area contributed by atoms with Crippen molar-refractivity contribution in [3.8, 4) is 6.07 Å². The number of allylic oxidation sites excluding steroid dienone is 4. The number of pyridine rings is 1. The maximum absolute atomic E-state index is 10.9. The molecule has 2 heterocycles. The van der Waals surface area contributed by atoms with Gasteiger partial charge in [0.2, 0.25) is 6.41 Å². The lowest BCUT2D eigenvalue weighted by Crippen LogP contribution is -2.18. The summed E-state index contributed by atoms with van der Waals surface area (Å²) in [5, 5.41) is 9.10. The molecular formula is C18H19N3O. The molecule has 1 aliphatic carbocycles. The molecule has 1 saturated heterocycles. The van der Waals surface area contributed by atoms with Crippen LogP contribution >= 0.6 is 0 Å². The SMILES string of the molecule is Cc1cc(C2=CCCC(C#N)=C2)cc(C2CCN(C=O)C2)n1. The maximum Gasteiger partial charge on any atom is 0.209 e. The third kappa shape index (κ3) is 2.94. The Kier molecular flexibility index (Phi) is 4.06. The van der Waals surface area contributed by atoms with Crippen molar-refractivity contribution in [2.45, 2.75) is 32.1 Å². The van der Waals surface area contributed by atoms with E-state index >= 15 is 0 Å². The molecule has 112 valence electrons. The Morgan fingerprint density at radius 3 is 3.05 bits per heavy atom. The van der Waals surface area contributed by atoms with Gasteiger partial charge in [-0.3, -0.25) is 9.78 Å². The summed E-state index contributed by atoms with van der Waals surface area (Å²) in [5.74, 6) is 0.312. The first-order valence-corrected chi connectivity index (χ1v) is 7.68. The first kappa shape index (κ1) is 14.5. The Balaban J connectivity index is 1.91. The van der Waals surface area contributed by atoms with Gasteiger partial charge < -0.3 is 4.90 Å². The first-order valence-electron chi connectivity index (χ1n) is 7.68. The monoisotopic (exact) mass is 293 g/mol. The summed E-state index contributed by atoms with van der Waals surface area (Å²) in [6, 6.07) is 6.45. The van der Waals surface area contributed by atoms with Crippen LogP contribution in [0.1, 0.15) is 42.1 Å². The van der Waals surface area contributed by atoms with Gasteiger partial charge in [-0.1, -0.05) is 6.08 Å². The van der Waals surface area contributed by atoms with Gasteiger partial charge >= 0.3 is 0 Å². The van der Waals surface area contributed by atoms with Crippen molar-refractivity contribution in [1.29, 1.82) is 5.26 Å². The number of aryl methyl sites for hydroxylation is 1. The summed E-state index contributed by atoms with van der Waals surface area (Å²) >= 11 is 0. The second-order valence-corrected chi connectivity index (χ2v) is 5.99. The molecule has 1 aliphatic heterocycles. The zero-order valence-corrected chi connectivity index (χ0v) is 12.7. The van der Waals surface area contributed by atoms with Crippen molar-refractivity contribution < 1.29 is 4.79 Å². The highest BCUT2D eigenvalue weighted by Gasteiger charge is 2.24. The lowest BCUT2D eigenvalue weighted by Gasteiger charge is -2.15. The van der Waals surface area contributed by atoms with Gasteiger partial charge in [-0.05, 0) is 55.5 Å². The zero-order valence-electron chi connectivity index (χ0n) is 12.7. The molecule has 0 radical (unpaired) electrons. The minimum absolute atomic E-state index is 0.312. The molecule has 0 bridgehead atoms. The number of rotatable bonds is 3. The first-order chi connectivity index (χ1) is 10.7. The molecule has 3 rings (SSSR count). The van der Waals surface area contributed by atoms with E-state index in [9.17, 15) is 4.79 Å². The van der Waals surface area contributed by atoms with Gasteiger partial charge in [0, 0.05) is 36.0 Å². The van der Waals surface area contributed by atoms with Crippen LogP contribution < -0.4 is 0 Å². The van der Waals surface area contributed by atoms with Gasteiger partial charge in [-0.15, -0.1) is 0 Å². The molecule has 0 spiro atoms. The van der Waals surface area contributed by atoms with E-state index in [1.807, 2.05) is 17.9 Å². The van der Waals surface area contributed by atoms with Crippen molar-refractivity contribution in [2.24, 2.45) is 0 Å². The number of nitrogens with zero attached hydrogens (tertiary/aromatic N) is 3. The number of carbonyl (C=O) groups is 1. The molecule has 1 aromatic rings. The Morgan fingerprint density at radius 2 is 2.32 bits per heavy atom. The highest BCUT2D eigenvalue weighted by Crippen LogP contribution is 2.30. The standard InChI is InChI=1S/C18H19N3O/c1-13-7-17(15-4-2-3-14(8-15)10-19)9-18(20-13)16-5-6-21(11-16)12-22/h4,7-9,12,16H,2-3,5-6,11H2,1H3. The summed E-state index contributed by atoms with van der Waals surface area (Å²) in [7, 11) is 0. The van der Waals surface area contributed by atoms with Crippen molar-refractivity contribution in [3.05, 3.63) is 46.8 Å². The lowest BCUT2D eigenvalue weighted by atomic mass is 9.93. The zero-order chi connectivity index (χ0) is 15.5. The quantitative estimate of drug-likeness (QED) is 0.805. The maximum atomic E-state index is 10.9. The third-order valence-electron chi connectivity index (χ3n) is 4.34. The molecule has 2 aliphatic rings. The molecule has 22 heavy (non-hydrogen) atoms. The molecule has 1 fully saturated rings. The topological polar surface area (TPSA) is 57.0 Å². The van der Waals surface area contributed by atoms with E-state index in [4.69, 9.17) is 5.26 Å². The van der Waals surface area contributed by atoms with Crippen LogP contribution in [-0.4, -0.2) is 29.4 Å². The number of likely N-dealkylation sites (tertiary alicyclic amines) is 1. The molecule has 0 aromatic carbocycles. The predicted molar refractivity (Wildman–Crippen MR) is 84.9 cm³/mol. The van der Waals surface area contributed by atoms with Gasteiger partial charge in [-0.25, -0.2) is 0 Å². The minimum atomic E-state index is 0.312. The summed E-state index contributed by atoms with van der Waals surface area (Å²) in [6.45, 7) is 3.55. The Bertz CT molecular complexity index is 697. The molecule has 0 saturated carbocycles. The molecular weight excluding hydrogens is 274 g/mol. The molecule has 1 amide bonds. The van der Waals surface area contributed by atoms with Crippen LogP contribution in [0.2, 0.25) is 0 Å². The number of aromatic nitrogens is 1. The average Bonchev–Trinajstić information content (AvgIpc) is 3.03. The van der Waals surface area contributed by atoms with Crippen LogP contribution in [0, 0.1) is 18.3 Å². The fourth-order valence-corrected chi connectivity index (χ4v) is 3.19. The normalized spacial score (nSPS) is 21.1. The molecule has 1 atom stereocenters. The van der Waals surface area contributed by atoms with E-state index in [1.54, 1.807) is 0 Å². The van der Waals surface area contributed by atoms with Crippen LogP contribution in [0.15, 0.2) is 29.9 Å². The van der Waals surface area contributed by atoms with Crippen LogP contribution in [0.3, 0.4) is 0 Å². The van der Waals surface area contributed by atoms with Gasteiger partial charge in [-0.2, -0.15) is 5.26 Å². The van der Waals surface area contributed by atoms with E-state index in [-0.39, 0.29) is 0 Å². The second kappa shape index (κ2) is 6.15. The molecule has 0 N–H and O–H groups in total. The number of hydrogen-bond donors (Lipinski definition) is 0. The van der Waals surface area contributed by atoms with Crippen LogP contribution in [0.25, 0.3) is 5.57 Å². The lowest BCUT2D eigenvalue weighted by molar-refractivity contribution is -0.117. The van der Waals surface area contributed by atoms with Gasteiger partial charge in [0.15, 0.2) is 0 Å². The number of carbonyl (C=O) groups excluding carboxylic acids is 1. The van der Waals surface area contributed by atoms with Crippen LogP contribution in [0.5, 0.6) is 0 Å². The third-order valence-corrected chi connectivity index (χ3v) is 4.34. The Morgan fingerprint density at radius 1 is 1.45 bits per heavy atom. The van der Waals surface area contributed by atoms with E-state index in [1.165, 1.54) is 0 Å². The van der Waals surface area contributed by atoms with Crippen LogP contribution in [-0.2, 0) is 4.79 Å². The number of nitriles is 1. The molecule has 4 heteroatoms. The van der Waals surface area contributed by atoms with Crippen molar-refractivity contribution in [2.75, 3.05) is 13.1 Å². The van der Waals surface area contributed by atoms with Crippen molar-refractivity contribution >= 4 is 12.0 Å². The van der Waals surface area contributed by atoms with E-state index in [2.05, 4.69) is 29.3 Å². The highest BCUT2D eigenvalue weighted by molar-refractivity contribution is 5.77. The Labute approximate surface area is 130 Å². The molecule has 1 aromatic heterocycles. The average molecular weight is 293 g/mol. The summed E-state index contributed by atoms with van der Waals surface area (Å²) < 4.78 is 0. The predicted octanol–water partition coefficient (Wildman–Crippen LogP) is 2.96. The fraction of sp³-hybridized carbons (Fsp3) is 0.389. The summed E-state index contributed by atoms with van der Waals surface area (Å²) in [6.07, 6.45) is 7.79. The molecule has 1 unspecified atom stereocenters. The van der Waals surface area contributed by atoms with Gasteiger partial charge in [0.25, 0.3) is 0 Å². The van der Waals surface area contributed by atoms with Crippen molar-refractivity contribution in [1.82, 2.24) is 9.88 Å². The van der Waals surface area contributed by atoms with Gasteiger partial charge in [0.05, 0.1) is 6.07 Å². The largest absolute Gasteiger partial charge is 0.345 e. The summed E-state index contributed by atoms with van der Waals surface area (Å²) in [4.78, 5) is 17.4. The highest BCUT2D eigenvalue weighted by atomic mass is 16.1. The van der Waals surface area contributed by atoms with Gasteiger partial charge in [0.1, 0.15) is 0 Å². The van der Waals surface area contributed by atoms with E-state index in [0.29, 0.717) is 5.92 Å². The van der Waals surface area contributed by atoms with E-state index in [0.717, 1.165) is 66.9 Å². The summed E-state index contributed by atoms with van der Waals surface area (Å²) in [5.41, 5.74) is 5.11. The molecule has 4 nitrogen and oxygen atoms in total.